The van der Waals surface area contributed by atoms with Gasteiger partial charge in [-0.1, -0.05) is 13.8 Å². The van der Waals surface area contributed by atoms with Crippen LogP contribution in [0.25, 0.3) is 0 Å². The molecular weight excluding hydrogens is 192 g/mol. The number of hydrogen-bond acceptors (Lipinski definition) is 3. The van der Waals surface area contributed by atoms with Crippen LogP contribution in [0.5, 0.6) is 0 Å². The Morgan fingerprint density at radius 3 is 2.64 bits per heavy atom. The van der Waals surface area contributed by atoms with E-state index in [2.05, 4.69) is 38.4 Å². The summed E-state index contributed by atoms with van der Waals surface area (Å²) in [6.45, 7) is 7.62. The molecule has 0 saturated carbocycles. The minimum absolute atomic E-state index is 0.238. The van der Waals surface area contributed by atoms with Crippen molar-refractivity contribution in [2.75, 3.05) is 18.6 Å². The van der Waals surface area contributed by atoms with Gasteiger partial charge in [-0.3, -0.25) is 0 Å². The predicted molar refractivity (Wildman–Crippen MR) is 64.5 cm³/mol. The third-order valence-corrected chi connectivity index (χ3v) is 3.09. The highest BCUT2D eigenvalue weighted by atomic mass is 32.2. The molecule has 0 fully saturated rings. The van der Waals surface area contributed by atoms with Gasteiger partial charge in [-0.05, 0) is 25.0 Å². The van der Waals surface area contributed by atoms with Gasteiger partial charge in [-0.15, -0.1) is 0 Å². The molecule has 0 radical (unpaired) electrons. The van der Waals surface area contributed by atoms with E-state index in [0.29, 0.717) is 12.5 Å². The Kier molecular flexibility index (Phi) is 7.04. The Morgan fingerprint density at radius 2 is 2.14 bits per heavy atom. The smallest absolute Gasteiger partial charge is 0.0621 e. The first-order valence-corrected chi connectivity index (χ1v) is 6.50. The fourth-order valence-corrected chi connectivity index (χ4v) is 1.86. The zero-order valence-electron chi connectivity index (χ0n) is 9.76. The van der Waals surface area contributed by atoms with E-state index in [1.165, 1.54) is 0 Å². The Morgan fingerprint density at radius 1 is 1.50 bits per heavy atom. The van der Waals surface area contributed by atoms with Gasteiger partial charge < -0.3 is 5.32 Å². The first kappa shape index (κ1) is 13.8. The summed E-state index contributed by atoms with van der Waals surface area (Å²) < 4.78 is 0. The van der Waals surface area contributed by atoms with Crippen molar-refractivity contribution in [3.63, 3.8) is 0 Å². The normalized spacial score (nSPS) is 13.6. The van der Waals surface area contributed by atoms with Gasteiger partial charge in [0, 0.05) is 24.8 Å². The lowest BCUT2D eigenvalue weighted by Crippen LogP contribution is -2.36. The lowest BCUT2D eigenvalue weighted by atomic mass is 9.88. The summed E-state index contributed by atoms with van der Waals surface area (Å²) in [5.41, 5.74) is 0.238. The number of nitrogens with one attached hydrogen (secondary N) is 1. The van der Waals surface area contributed by atoms with E-state index in [9.17, 15) is 0 Å². The van der Waals surface area contributed by atoms with Gasteiger partial charge in [0.05, 0.1) is 6.07 Å². The largest absolute Gasteiger partial charge is 0.313 e. The van der Waals surface area contributed by atoms with Gasteiger partial charge in [0.1, 0.15) is 0 Å². The number of rotatable bonds is 7. The zero-order chi connectivity index (χ0) is 11.0. The fraction of sp³-hybridized carbons (Fsp3) is 0.909. The second-order valence-electron chi connectivity index (χ2n) is 4.56. The predicted octanol–water partition coefficient (Wildman–Crippen LogP) is 2.66. The van der Waals surface area contributed by atoms with Crippen molar-refractivity contribution in [3.05, 3.63) is 0 Å². The van der Waals surface area contributed by atoms with Crippen molar-refractivity contribution in [1.29, 1.82) is 5.26 Å². The highest BCUT2D eigenvalue weighted by molar-refractivity contribution is 7.98. The molecule has 0 bridgehead atoms. The molecule has 0 rings (SSSR count). The molecule has 0 spiro atoms. The summed E-state index contributed by atoms with van der Waals surface area (Å²) in [5, 5.41) is 12.0. The van der Waals surface area contributed by atoms with Crippen LogP contribution in [0, 0.1) is 16.7 Å². The van der Waals surface area contributed by atoms with Gasteiger partial charge in [0.15, 0.2) is 0 Å². The molecule has 0 aromatic heterocycles. The lowest BCUT2D eigenvalue weighted by molar-refractivity contribution is 0.308. The van der Waals surface area contributed by atoms with Crippen LogP contribution in [-0.4, -0.2) is 24.6 Å². The average molecular weight is 214 g/mol. The SMILES string of the molecule is CSCC(C)NCC(C)(C)CCC#N. The number of hydrogen-bond donors (Lipinski definition) is 1. The average Bonchev–Trinajstić information content (AvgIpc) is 2.13. The lowest BCUT2D eigenvalue weighted by Gasteiger charge is -2.26. The molecule has 0 heterocycles. The summed E-state index contributed by atoms with van der Waals surface area (Å²) >= 11 is 1.86. The van der Waals surface area contributed by atoms with Gasteiger partial charge >= 0.3 is 0 Å². The topological polar surface area (TPSA) is 35.8 Å². The van der Waals surface area contributed by atoms with E-state index in [-0.39, 0.29) is 5.41 Å². The van der Waals surface area contributed by atoms with Crippen molar-refractivity contribution >= 4 is 11.8 Å². The van der Waals surface area contributed by atoms with Gasteiger partial charge in [-0.2, -0.15) is 17.0 Å². The quantitative estimate of drug-likeness (QED) is 0.708. The molecule has 0 aromatic carbocycles. The molecular formula is C11H22N2S. The highest BCUT2D eigenvalue weighted by Crippen LogP contribution is 2.20. The van der Waals surface area contributed by atoms with Crippen LogP contribution >= 0.6 is 11.8 Å². The van der Waals surface area contributed by atoms with Gasteiger partial charge in [0.25, 0.3) is 0 Å². The van der Waals surface area contributed by atoms with Crippen LogP contribution in [0.15, 0.2) is 0 Å². The Balaban J connectivity index is 3.69. The van der Waals surface area contributed by atoms with Gasteiger partial charge in [0.2, 0.25) is 0 Å². The van der Waals surface area contributed by atoms with Crippen LogP contribution in [0.1, 0.15) is 33.6 Å². The minimum atomic E-state index is 0.238. The summed E-state index contributed by atoms with van der Waals surface area (Å²) in [6, 6.07) is 2.77. The molecule has 1 atom stereocenters. The van der Waals surface area contributed by atoms with Crippen molar-refractivity contribution in [3.8, 4) is 6.07 Å². The molecule has 0 aromatic rings. The molecule has 0 aliphatic carbocycles. The first-order chi connectivity index (χ1) is 6.52. The number of thioether (sulfide) groups is 1. The molecule has 82 valence electrons. The van der Waals surface area contributed by atoms with Crippen molar-refractivity contribution in [2.45, 2.75) is 39.7 Å². The third-order valence-electron chi connectivity index (χ3n) is 2.26. The third kappa shape index (κ3) is 7.23. The van der Waals surface area contributed by atoms with Crippen molar-refractivity contribution in [1.82, 2.24) is 5.32 Å². The number of nitriles is 1. The van der Waals surface area contributed by atoms with Crippen molar-refractivity contribution < 1.29 is 0 Å². The van der Waals surface area contributed by atoms with Crippen LogP contribution in [0.2, 0.25) is 0 Å². The summed E-state index contributed by atoms with van der Waals surface area (Å²) in [5.74, 6) is 1.15. The molecule has 0 aliphatic rings. The van der Waals surface area contributed by atoms with Gasteiger partial charge in [-0.25, -0.2) is 0 Å². The van der Waals surface area contributed by atoms with E-state index in [1.54, 1.807) is 0 Å². The number of nitrogens with zero attached hydrogens (tertiary/aromatic N) is 1. The zero-order valence-corrected chi connectivity index (χ0v) is 10.6. The Bertz CT molecular complexity index is 184. The van der Waals surface area contributed by atoms with Crippen molar-refractivity contribution in [2.24, 2.45) is 5.41 Å². The maximum atomic E-state index is 8.52. The first-order valence-electron chi connectivity index (χ1n) is 5.11. The summed E-state index contributed by atoms with van der Waals surface area (Å²) in [6.07, 6.45) is 3.76. The molecule has 0 amide bonds. The second-order valence-corrected chi connectivity index (χ2v) is 5.47. The Labute approximate surface area is 92.5 Å². The summed E-state index contributed by atoms with van der Waals surface area (Å²) in [7, 11) is 0. The molecule has 0 aliphatic heterocycles. The highest BCUT2D eigenvalue weighted by Gasteiger charge is 2.17. The molecule has 14 heavy (non-hydrogen) atoms. The second kappa shape index (κ2) is 7.14. The monoisotopic (exact) mass is 214 g/mol. The maximum Gasteiger partial charge on any atom is 0.0621 e. The molecule has 3 heteroatoms. The van der Waals surface area contributed by atoms with Crippen LogP contribution in [0.3, 0.4) is 0 Å². The fourth-order valence-electron chi connectivity index (χ4n) is 1.24. The molecule has 1 unspecified atom stereocenters. The standard InChI is InChI=1S/C11H22N2S/c1-10(8-14-4)13-9-11(2,3)6-5-7-12/h10,13H,5-6,8-9H2,1-4H3. The maximum absolute atomic E-state index is 8.52. The van der Waals surface area contributed by atoms with Crippen LogP contribution < -0.4 is 5.32 Å². The van der Waals surface area contributed by atoms with E-state index >= 15 is 0 Å². The Hall–Kier alpha value is -0.200. The van der Waals surface area contributed by atoms with E-state index in [0.717, 1.165) is 18.7 Å². The van der Waals surface area contributed by atoms with Crippen LogP contribution in [0.4, 0.5) is 0 Å². The van der Waals surface area contributed by atoms with Crippen LogP contribution in [-0.2, 0) is 0 Å². The molecule has 2 nitrogen and oxygen atoms in total. The van der Waals surface area contributed by atoms with E-state index in [4.69, 9.17) is 5.26 Å². The molecule has 0 saturated heterocycles. The molecule has 1 N–H and O–H groups in total. The minimum Gasteiger partial charge on any atom is -0.313 e. The summed E-state index contributed by atoms with van der Waals surface area (Å²) in [4.78, 5) is 0. The van der Waals surface area contributed by atoms with E-state index in [1.807, 2.05) is 11.8 Å². The van der Waals surface area contributed by atoms with E-state index < -0.39 is 0 Å².